The van der Waals surface area contributed by atoms with E-state index in [4.69, 9.17) is 4.74 Å². The molecule has 0 heterocycles. The van der Waals surface area contributed by atoms with E-state index in [1.165, 1.54) is 25.0 Å². The minimum atomic E-state index is -0.424. The molecule has 1 aliphatic rings. The van der Waals surface area contributed by atoms with Crippen LogP contribution in [-0.4, -0.2) is 12.4 Å². The first-order valence-corrected chi connectivity index (χ1v) is 5.20. The SMILES string of the molecule is O=Cc1cc(F)cc(OC2CCCC2)c1. The Morgan fingerprint density at radius 3 is 2.67 bits per heavy atom. The number of halogens is 1. The molecule has 80 valence electrons. The summed E-state index contributed by atoms with van der Waals surface area (Å²) in [7, 11) is 0. The number of carbonyl (C=O) groups excluding carboxylic acids is 1. The monoisotopic (exact) mass is 208 g/mol. The van der Waals surface area contributed by atoms with Gasteiger partial charge in [0.05, 0.1) is 6.10 Å². The molecule has 0 spiro atoms. The number of ether oxygens (including phenoxy) is 1. The minimum absolute atomic E-state index is 0.186. The Kier molecular flexibility index (Phi) is 2.99. The van der Waals surface area contributed by atoms with Crippen LogP contribution in [0.5, 0.6) is 5.75 Å². The van der Waals surface area contributed by atoms with Crippen molar-refractivity contribution in [1.82, 2.24) is 0 Å². The Hall–Kier alpha value is -1.38. The Morgan fingerprint density at radius 2 is 2.00 bits per heavy atom. The van der Waals surface area contributed by atoms with Gasteiger partial charge in [-0.1, -0.05) is 0 Å². The van der Waals surface area contributed by atoms with Gasteiger partial charge < -0.3 is 4.74 Å². The Morgan fingerprint density at radius 1 is 1.27 bits per heavy atom. The third kappa shape index (κ3) is 2.55. The predicted molar refractivity (Wildman–Crippen MR) is 54.7 cm³/mol. The highest BCUT2D eigenvalue weighted by molar-refractivity contribution is 5.75. The molecule has 0 N–H and O–H groups in total. The first-order valence-electron chi connectivity index (χ1n) is 5.20. The molecule has 2 nitrogen and oxygen atoms in total. The Labute approximate surface area is 88.1 Å². The van der Waals surface area contributed by atoms with Gasteiger partial charge in [0.1, 0.15) is 17.9 Å². The molecule has 1 aromatic rings. The van der Waals surface area contributed by atoms with E-state index in [-0.39, 0.29) is 6.10 Å². The quantitative estimate of drug-likeness (QED) is 0.714. The number of carbonyl (C=O) groups is 1. The van der Waals surface area contributed by atoms with E-state index in [1.807, 2.05) is 0 Å². The van der Waals surface area contributed by atoms with Crippen LogP contribution in [0.3, 0.4) is 0 Å². The van der Waals surface area contributed by atoms with Crippen LogP contribution in [-0.2, 0) is 0 Å². The number of rotatable bonds is 3. The third-order valence-corrected chi connectivity index (χ3v) is 2.63. The van der Waals surface area contributed by atoms with Gasteiger partial charge in [-0.05, 0) is 37.8 Å². The van der Waals surface area contributed by atoms with Crippen LogP contribution >= 0.6 is 0 Å². The van der Waals surface area contributed by atoms with Gasteiger partial charge in [-0.2, -0.15) is 0 Å². The summed E-state index contributed by atoms with van der Waals surface area (Å²) in [5.41, 5.74) is 0.322. The topological polar surface area (TPSA) is 26.3 Å². The van der Waals surface area contributed by atoms with Crippen LogP contribution in [0.4, 0.5) is 4.39 Å². The number of hydrogen-bond acceptors (Lipinski definition) is 2. The molecule has 0 aliphatic heterocycles. The second kappa shape index (κ2) is 4.43. The molecule has 15 heavy (non-hydrogen) atoms. The second-order valence-electron chi connectivity index (χ2n) is 3.86. The summed E-state index contributed by atoms with van der Waals surface area (Å²) >= 11 is 0. The lowest BCUT2D eigenvalue weighted by atomic mass is 10.2. The van der Waals surface area contributed by atoms with Crippen molar-refractivity contribution in [3.05, 3.63) is 29.6 Å². The lowest BCUT2D eigenvalue weighted by Crippen LogP contribution is -2.11. The largest absolute Gasteiger partial charge is 0.490 e. The van der Waals surface area contributed by atoms with Crippen molar-refractivity contribution in [1.29, 1.82) is 0 Å². The standard InChI is InChI=1S/C12H13FO2/c13-10-5-9(8-14)6-12(7-10)15-11-3-1-2-4-11/h5-8,11H,1-4H2. The second-order valence-corrected chi connectivity index (χ2v) is 3.86. The fraction of sp³-hybridized carbons (Fsp3) is 0.417. The van der Waals surface area contributed by atoms with Crippen molar-refractivity contribution in [2.45, 2.75) is 31.8 Å². The van der Waals surface area contributed by atoms with Crippen molar-refractivity contribution < 1.29 is 13.9 Å². The smallest absolute Gasteiger partial charge is 0.150 e. The summed E-state index contributed by atoms with van der Waals surface area (Å²) < 4.78 is 18.6. The van der Waals surface area contributed by atoms with Crippen LogP contribution in [0.1, 0.15) is 36.0 Å². The van der Waals surface area contributed by atoms with Gasteiger partial charge >= 0.3 is 0 Å². The maximum absolute atomic E-state index is 13.0. The van der Waals surface area contributed by atoms with Crippen molar-refractivity contribution in [3.63, 3.8) is 0 Å². The fourth-order valence-corrected chi connectivity index (χ4v) is 1.92. The first kappa shape index (κ1) is 10.1. The summed E-state index contributed by atoms with van der Waals surface area (Å²) in [6.07, 6.45) is 5.19. The maximum atomic E-state index is 13.0. The molecule has 0 saturated heterocycles. The summed E-state index contributed by atoms with van der Waals surface area (Å²) in [6.45, 7) is 0. The van der Waals surface area contributed by atoms with Crippen LogP contribution in [0.2, 0.25) is 0 Å². The van der Waals surface area contributed by atoms with Crippen LogP contribution in [0.15, 0.2) is 18.2 Å². The molecule has 1 aromatic carbocycles. The van der Waals surface area contributed by atoms with E-state index in [9.17, 15) is 9.18 Å². The molecule has 1 aliphatic carbocycles. The molecule has 0 unspecified atom stereocenters. The molecule has 0 aromatic heterocycles. The lowest BCUT2D eigenvalue weighted by Gasteiger charge is -2.13. The molecule has 1 fully saturated rings. The molecule has 0 amide bonds. The van der Waals surface area contributed by atoms with E-state index < -0.39 is 5.82 Å². The minimum Gasteiger partial charge on any atom is -0.490 e. The highest BCUT2D eigenvalue weighted by Gasteiger charge is 2.16. The highest BCUT2D eigenvalue weighted by atomic mass is 19.1. The van der Waals surface area contributed by atoms with E-state index in [2.05, 4.69) is 0 Å². The summed E-state index contributed by atoms with van der Waals surface area (Å²) in [4.78, 5) is 10.5. The van der Waals surface area contributed by atoms with Gasteiger partial charge in [0, 0.05) is 11.6 Å². The zero-order valence-corrected chi connectivity index (χ0v) is 8.41. The number of aldehydes is 1. The first-order chi connectivity index (χ1) is 7.28. The average Bonchev–Trinajstić information content (AvgIpc) is 2.69. The molecule has 3 heteroatoms. The molecule has 1 saturated carbocycles. The number of hydrogen-bond donors (Lipinski definition) is 0. The zero-order valence-electron chi connectivity index (χ0n) is 8.41. The van der Waals surface area contributed by atoms with E-state index >= 15 is 0 Å². The van der Waals surface area contributed by atoms with Crippen LogP contribution < -0.4 is 4.74 Å². The van der Waals surface area contributed by atoms with Gasteiger partial charge in [-0.3, -0.25) is 4.79 Å². The Balaban J connectivity index is 2.12. The van der Waals surface area contributed by atoms with Gasteiger partial charge in [0.25, 0.3) is 0 Å². The molecular formula is C12H13FO2. The van der Waals surface area contributed by atoms with E-state index in [0.717, 1.165) is 12.8 Å². The molecule has 2 rings (SSSR count). The average molecular weight is 208 g/mol. The van der Waals surface area contributed by atoms with E-state index in [0.29, 0.717) is 17.6 Å². The Bertz CT molecular complexity index is 357. The maximum Gasteiger partial charge on any atom is 0.150 e. The molecular weight excluding hydrogens is 195 g/mol. The van der Waals surface area contributed by atoms with E-state index in [1.54, 1.807) is 6.07 Å². The van der Waals surface area contributed by atoms with Crippen molar-refractivity contribution in [3.8, 4) is 5.75 Å². The molecule has 0 bridgehead atoms. The van der Waals surface area contributed by atoms with Crippen molar-refractivity contribution in [2.24, 2.45) is 0 Å². The van der Waals surface area contributed by atoms with Gasteiger partial charge in [0.15, 0.2) is 0 Å². The molecule has 0 atom stereocenters. The van der Waals surface area contributed by atoms with Gasteiger partial charge in [-0.25, -0.2) is 4.39 Å². The summed E-state index contributed by atoms with van der Waals surface area (Å²) in [6, 6.07) is 4.11. The summed E-state index contributed by atoms with van der Waals surface area (Å²) in [5, 5.41) is 0. The third-order valence-electron chi connectivity index (χ3n) is 2.63. The highest BCUT2D eigenvalue weighted by Crippen LogP contribution is 2.25. The lowest BCUT2D eigenvalue weighted by molar-refractivity contribution is 0.112. The fourth-order valence-electron chi connectivity index (χ4n) is 1.92. The van der Waals surface area contributed by atoms with Crippen molar-refractivity contribution >= 4 is 6.29 Å². The normalized spacial score (nSPS) is 16.6. The zero-order chi connectivity index (χ0) is 10.7. The van der Waals surface area contributed by atoms with Gasteiger partial charge in [0.2, 0.25) is 0 Å². The molecule has 0 radical (unpaired) electrons. The predicted octanol–water partition coefficient (Wildman–Crippen LogP) is 2.96. The van der Waals surface area contributed by atoms with Crippen LogP contribution in [0, 0.1) is 5.82 Å². The summed E-state index contributed by atoms with van der Waals surface area (Å²) in [5.74, 6) is 0.0385. The number of benzene rings is 1. The van der Waals surface area contributed by atoms with Gasteiger partial charge in [-0.15, -0.1) is 0 Å². The van der Waals surface area contributed by atoms with Crippen molar-refractivity contribution in [2.75, 3.05) is 0 Å². The van der Waals surface area contributed by atoms with Crippen LogP contribution in [0.25, 0.3) is 0 Å².